The minimum Gasteiger partial charge on any atom is -0.462 e. The van der Waals surface area contributed by atoms with Crippen molar-refractivity contribution in [2.75, 3.05) is 25.2 Å². The number of amides is 2. The van der Waals surface area contributed by atoms with E-state index in [9.17, 15) is 19.2 Å². The summed E-state index contributed by atoms with van der Waals surface area (Å²) in [4.78, 5) is 50.3. The molecule has 0 saturated carbocycles. The molecule has 2 aromatic rings. The zero-order valence-electron chi connectivity index (χ0n) is 22.4. The summed E-state index contributed by atoms with van der Waals surface area (Å²) < 4.78 is 17.1. The maximum absolute atomic E-state index is 13.2. The lowest BCUT2D eigenvalue weighted by Gasteiger charge is -2.27. The second-order valence-electron chi connectivity index (χ2n) is 10.3. The Kier molecular flexibility index (Phi) is 9.12. The average molecular weight is 504 g/mol. The fraction of sp³-hybridized carbons (Fsp3) is 0.538. The van der Waals surface area contributed by atoms with E-state index in [4.69, 9.17) is 14.2 Å². The van der Waals surface area contributed by atoms with E-state index in [1.807, 2.05) is 6.07 Å². The summed E-state index contributed by atoms with van der Waals surface area (Å²) in [6.45, 7) is 12.7. The van der Waals surface area contributed by atoms with Crippen LogP contribution in [0.1, 0.15) is 70.8 Å². The van der Waals surface area contributed by atoms with Crippen LogP contribution in [-0.2, 0) is 20.6 Å². The normalized spacial score (nSPS) is 11.7. The molecule has 0 radical (unpaired) electrons. The standard InChI is InChI=1S/C26H37N3O7/c1-9-34-22(31)19-16-29(28(8)24(33)36-26(5,6)7)20-13-12-17(15-18(20)21(19)30)11-10-14-27-23(32)35-25(2,3)4/h12-13,15-16H,9-11,14H2,1-8H3,(H,27,32). The largest absolute Gasteiger partial charge is 0.462 e. The number of rotatable bonds is 7. The van der Waals surface area contributed by atoms with Gasteiger partial charge in [-0.1, -0.05) is 6.07 Å². The number of carbonyl (C=O) groups excluding carboxylic acids is 3. The van der Waals surface area contributed by atoms with Gasteiger partial charge in [0.25, 0.3) is 0 Å². The number of nitrogens with one attached hydrogen (secondary N) is 1. The molecule has 0 fully saturated rings. The summed E-state index contributed by atoms with van der Waals surface area (Å²) in [5.74, 6) is -0.775. The van der Waals surface area contributed by atoms with E-state index >= 15 is 0 Å². The molecule has 36 heavy (non-hydrogen) atoms. The van der Waals surface area contributed by atoms with Crippen molar-refractivity contribution in [3.8, 4) is 0 Å². The first-order valence-corrected chi connectivity index (χ1v) is 11.9. The minimum absolute atomic E-state index is 0.100. The Hall–Kier alpha value is -3.56. The maximum Gasteiger partial charge on any atom is 0.429 e. The summed E-state index contributed by atoms with van der Waals surface area (Å²) in [5, 5.41) is 4.16. The molecule has 0 aliphatic rings. The number of aryl methyl sites for hydroxylation is 1. The number of hydrogen-bond donors (Lipinski definition) is 1. The van der Waals surface area contributed by atoms with Crippen LogP contribution in [0.2, 0.25) is 0 Å². The van der Waals surface area contributed by atoms with Crippen LogP contribution >= 0.6 is 0 Å². The number of hydrogen-bond acceptors (Lipinski definition) is 7. The molecule has 1 aromatic heterocycles. The highest BCUT2D eigenvalue weighted by Gasteiger charge is 2.24. The van der Waals surface area contributed by atoms with Crippen molar-refractivity contribution in [3.63, 3.8) is 0 Å². The van der Waals surface area contributed by atoms with Crippen molar-refractivity contribution in [1.82, 2.24) is 9.99 Å². The Morgan fingerprint density at radius 3 is 2.25 bits per heavy atom. The van der Waals surface area contributed by atoms with Crippen LogP contribution in [0.3, 0.4) is 0 Å². The second kappa shape index (κ2) is 11.5. The summed E-state index contributed by atoms with van der Waals surface area (Å²) >= 11 is 0. The molecule has 1 aromatic carbocycles. The van der Waals surface area contributed by atoms with Gasteiger partial charge in [-0.25, -0.2) is 19.4 Å². The molecule has 10 heteroatoms. The third-order valence-corrected chi connectivity index (χ3v) is 4.84. The summed E-state index contributed by atoms with van der Waals surface area (Å²) in [6, 6.07) is 5.23. The molecule has 1 N–H and O–H groups in total. The van der Waals surface area contributed by atoms with E-state index in [1.54, 1.807) is 60.6 Å². The number of aromatic nitrogens is 1. The molecule has 0 aliphatic carbocycles. The lowest BCUT2D eigenvalue weighted by atomic mass is 10.0. The predicted molar refractivity (Wildman–Crippen MR) is 137 cm³/mol. The van der Waals surface area contributed by atoms with Gasteiger partial charge in [0.1, 0.15) is 16.8 Å². The number of ether oxygens (including phenoxy) is 3. The Balaban J connectivity index is 2.37. The van der Waals surface area contributed by atoms with Crippen LogP contribution in [0, 0.1) is 0 Å². The lowest BCUT2D eigenvalue weighted by molar-refractivity contribution is 0.0512. The first-order valence-electron chi connectivity index (χ1n) is 11.9. The van der Waals surface area contributed by atoms with Crippen LogP contribution in [0.25, 0.3) is 10.9 Å². The molecule has 0 atom stereocenters. The van der Waals surface area contributed by atoms with Crippen LogP contribution in [0.15, 0.2) is 29.2 Å². The maximum atomic E-state index is 13.2. The van der Waals surface area contributed by atoms with Gasteiger partial charge in [-0.2, -0.15) is 0 Å². The number of fused-ring (bicyclic) bond motifs is 1. The average Bonchev–Trinajstić information content (AvgIpc) is 2.74. The Morgan fingerprint density at radius 2 is 1.67 bits per heavy atom. The van der Waals surface area contributed by atoms with E-state index in [0.717, 1.165) is 5.56 Å². The van der Waals surface area contributed by atoms with Crippen molar-refractivity contribution in [1.29, 1.82) is 0 Å². The van der Waals surface area contributed by atoms with E-state index in [0.29, 0.717) is 24.9 Å². The fourth-order valence-electron chi connectivity index (χ4n) is 3.33. The number of pyridine rings is 1. The number of carbonyl (C=O) groups is 3. The van der Waals surface area contributed by atoms with Gasteiger partial charge in [0.2, 0.25) is 5.43 Å². The zero-order valence-corrected chi connectivity index (χ0v) is 22.4. The van der Waals surface area contributed by atoms with Gasteiger partial charge in [-0.3, -0.25) is 9.47 Å². The summed E-state index contributed by atoms with van der Waals surface area (Å²) in [7, 11) is 1.49. The number of benzene rings is 1. The van der Waals surface area contributed by atoms with Crippen molar-refractivity contribution < 1.29 is 28.6 Å². The molecule has 0 bridgehead atoms. The monoisotopic (exact) mass is 503 g/mol. The van der Waals surface area contributed by atoms with Gasteiger partial charge in [0, 0.05) is 25.2 Å². The van der Waals surface area contributed by atoms with E-state index in [-0.39, 0.29) is 17.6 Å². The van der Waals surface area contributed by atoms with Gasteiger partial charge in [0.05, 0.1) is 12.1 Å². The topological polar surface area (TPSA) is 116 Å². The van der Waals surface area contributed by atoms with Crippen molar-refractivity contribution in [2.45, 2.75) is 72.5 Å². The number of alkyl carbamates (subject to hydrolysis) is 1. The molecule has 0 spiro atoms. The molecule has 198 valence electrons. The van der Waals surface area contributed by atoms with E-state index in [1.165, 1.54) is 22.9 Å². The van der Waals surface area contributed by atoms with Crippen LogP contribution < -0.4 is 15.8 Å². The van der Waals surface area contributed by atoms with E-state index < -0.39 is 34.8 Å². The third kappa shape index (κ3) is 8.00. The highest BCUT2D eigenvalue weighted by atomic mass is 16.6. The molecular formula is C26H37N3O7. The van der Waals surface area contributed by atoms with Crippen molar-refractivity contribution in [2.24, 2.45) is 0 Å². The number of nitrogens with zero attached hydrogens (tertiary/aromatic N) is 2. The summed E-state index contributed by atoms with van der Waals surface area (Å²) in [5.41, 5.74) is -0.736. The molecule has 10 nitrogen and oxygen atoms in total. The highest BCUT2D eigenvalue weighted by Crippen LogP contribution is 2.18. The van der Waals surface area contributed by atoms with Crippen molar-refractivity contribution in [3.05, 3.63) is 45.7 Å². The summed E-state index contributed by atoms with van der Waals surface area (Å²) in [6.07, 6.45) is 1.31. The predicted octanol–water partition coefficient (Wildman–Crippen LogP) is 4.14. The Bertz CT molecular complexity index is 1170. The van der Waals surface area contributed by atoms with Gasteiger partial charge in [-0.05, 0) is 79.0 Å². The lowest BCUT2D eigenvalue weighted by Crippen LogP contribution is -2.42. The highest BCUT2D eigenvalue weighted by molar-refractivity contribution is 5.95. The smallest absolute Gasteiger partial charge is 0.429 e. The van der Waals surface area contributed by atoms with Gasteiger partial charge in [-0.15, -0.1) is 0 Å². The van der Waals surface area contributed by atoms with Crippen LogP contribution in [0.4, 0.5) is 9.59 Å². The molecule has 1 heterocycles. The zero-order chi connectivity index (χ0) is 27.3. The fourth-order valence-corrected chi connectivity index (χ4v) is 3.33. The molecule has 2 amide bonds. The van der Waals surface area contributed by atoms with Gasteiger partial charge in [0.15, 0.2) is 0 Å². The molecule has 2 rings (SSSR count). The van der Waals surface area contributed by atoms with Gasteiger partial charge >= 0.3 is 18.2 Å². The van der Waals surface area contributed by atoms with Crippen LogP contribution in [-0.4, -0.2) is 54.2 Å². The van der Waals surface area contributed by atoms with Crippen molar-refractivity contribution >= 4 is 29.1 Å². The van der Waals surface area contributed by atoms with Gasteiger partial charge < -0.3 is 19.5 Å². The Morgan fingerprint density at radius 1 is 1.03 bits per heavy atom. The third-order valence-electron chi connectivity index (χ3n) is 4.84. The SMILES string of the molecule is CCOC(=O)c1cn(N(C)C(=O)OC(C)(C)C)c2ccc(CCCNC(=O)OC(C)(C)C)cc2c1=O. The molecule has 0 unspecified atom stereocenters. The molecular weight excluding hydrogens is 466 g/mol. The quantitative estimate of drug-likeness (QED) is 0.343. The second-order valence-corrected chi connectivity index (χ2v) is 10.3. The number of esters is 1. The first kappa shape index (κ1) is 28.7. The molecule has 0 saturated heterocycles. The molecule has 0 aliphatic heterocycles. The first-order chi connectivity index (χ1) is 16.6. The van der Waals surface area contributed by atoms with Crippen LogP contribution in [0.5, 0.6) is 0 Å². The Labute approximate surface area is 211 Å². The minimum atomic E-state index is -0.775. The van der Waals surface area contributed by atoms with E-state index in [2.05, 4.69) is 5.32 Å².